The predicted octanol–water partition coefficient (Wildman–Crippen LogP) is 3.74. The van der Waals surface area contributed by atoms with E-state index in [0.717, 1.165) is 16.8 Å². The summed E-state index contributed by atoms with van der Waals surface area (Å²) in [6, 6.07) is 14.9. The Balaban J connectivity index is 1.73. The molecule has 1 saturated heterocycles. The summed E-state index contributed by atoms with van der Waals surface area (Å²) >= 11 is 1.28. The van der Waals surface area contributed by atoms with E-state index in [4.69, 9.17) is 9.84 Å². The van der Waals surface area contributed by atoms with Gasteiger partial charge in [0.05, 0.1) is 23.6 Å². The number of carboxylic acid groups (broad SMARTS) is 1. The summed E-state index contributed by atoms with van der Waals surface area (Å²) in [5.41, 5.74) is 2.64. The van der Waals surface area contributed by atoms with Crippen LogP contribution in [0.3, 0.4) is 0 Å². The number of hydrogen-bond donors (Lipinski definition) is 2. The molecule has 2 aromatic carbocycles. The number of aryl methyl sites for hydroxylation is 1. The number of amidine groups is 1. The van der Waals surface area contributed by atoms with Gasteiger partial charge in [0, 0.05) is 0 Å². The zero-order chi connectivity index (χ0) is 19.2. The quantitative estimate of drug-likeness (QED) is 0.743. The number of ether oxygens (including phenoxy) is 1. The SMILES string of the molecule is Cc1ccccc1N=C1NC(=O)/C(=C\c2cccc(OCCC(=O)O)c2)S1. The van der Waals surface area contributed by atoms with Crippen LogP contribution in [0.25, 0.3) is 6.08 Å². The van der Waals surface area contributed by atoms with Gasteiger partial charge in [-0.25, -0.2) is 4.99 Å². The zero-order valence-corrected chi connectivity index (χ0v) is 15.5. The molecule has 138 valence electrons. The van der Waals surface area contributed by atoms with Crippen LogP contribution < -0.4 is 10.1 Å². The maximum absolute atomic E-state index is 12.2. The molecule has 27 heavy (non-hydrogen) atoms. The molecule has 1 amide bonds. The van der Waals surface area contributed by atoms with Crippen LogP contribution in [0.1, 0.15) is 17.5 Å². The Labute approximate surface area is 161 Å². The van der Waals surface area contributed by atoms with Crippen LogP contribution in [0, 0.1) is 6.92 Å². The Bertz CT molecular complexity index is 937. The number of aliphatic carboxylic acids is 1. The summed E-state index contributed by atoms with van der Waals surface area (Å²) < 4.78 is 5.42. The third-order valence-electron chi connectivity index (χ3n) is 3.73. The smallest absolute Gasteiger partial charge is 0.306 e. The van der Waals surface area contributed by atoms with Crippen molar-refractivity contribution in [3.05, 3.63) is 64.6 Å². The third-order valence-corrected chi connectivity index (χ3v) is 4.64. The molecule has 2 N–H and O–H groups in total. The average molecular weight is 382 g/mol. The standard InChI is InChI=1S/C20H18N2O4S/c1-13-5-2-3-8-16(13)21-20-22-19(25)17(27-20)12-14-6-4-7-15(11-14)26-10-9-18(23)24/h2-8,11-12H,9-10H2,1H3,(H,23,24)(H,21,22,25)/b17-12+. The molecule has 0 unspecified atom stereocenters. The molecule has 0 bridgehead atoms. The highest BCUT2D eigenvalue weighted by Crippen LogP contribution is 2.29. The molecule has 1 fully saturated rings. The fourth-order valence-electron chi connectivity index (χ4n) is 2.38. The average Bonchev–Trinajstić information content (AvgIpc) is 2.96. The minimum Gasteiger partial charge on any atom is -0.493 e. The predicted molar refractivity (Wildman–Crippen MR) is 106 cm³/mol. The van der Waals surface area contributed by atoms with Gasteiger partial charge in [0.15, 0.2) is 5.17 Å². The number of carboxylic acids is 1. The third kappa shape index (κ3) is 5.21. The van der Waals surface area contributed by atoms with Gasteiger partial charge in [0.2, 0.25) is 0 Å². The minimum atomic E-state index is -0.909. The first kappa shape index (κ1) is 18.7. The van der Waals surface area contributed by atoms with Crippen LogP contribution in [0.15, 0.2) is 58.4 Å². The van der Waals surface area contributed by atoms with Gasteiger partial charge in [-0.1, -0.05) is 30.3 Å². The Kier molecular flexibility index (Phi) is 5.93. The number of amides is 1. The molecular weight excluding hydrogens is 364 g/mol. The molecular formula is C20H18N2O4S. The topological polar surface area (TPSA) is 88.0 Å². The fourth-order valence-corrected chi connectivity index (χ4v) is 3.22. The number of para-hydroxylation sites is 1. The molecule has 1 heterocycles. The summed E-state index contributed by atoms with van der Waals surface area (Å²) in [4.78, 5) is 27.8. The minimum absolute atomic E-state index is 0.0672. The molecule has 6 nitrogen and oxygen atoms in total. The van der Waals surface area contributed by atoms with E-state index >= 15 is 0 Å². The van der Waals surface area contributed by atoms with Gasteiger partial charge in [0.1, 0.15) is 5.75 Å². The van der Waals surface area contributed by atoms with Crippen molar-refractivity contribution >= 4 is 40.6 Å². The second-order valence-electron chi connectivity index (χ2n) is 5.83. The van der Waals surface area contributed by atoms with E-state index in [1.54, 1.807) is 24.3 Å². The lowest BCUT2D eigenvalue weighted by atomic mass is 10.2. The molecule has 0 radical (unpaired) electrons. The number of carbonyl (C=O) groups is 2. The van der Waals surface area contributed by atoms with E-state index in [9.17, 15) is 9.59 Å². The first-order valence-electron chi connectivity index (χ1n) is 8.31. The highest BCUT2D eigenvalue weighted by Gasteiger charge is 2.24. The van der Waals surface area contributed by atoms with Crippen LogP contribution >= 0.6 is 11.8 Å². The Morgan fingerprint density at radius 3 is 2.85 bits per heavy atom. The zero-order valence-electron chi connectivity index (χ0n) is 14.6. The first-order valence-corrected chi connectivity index (χ1v) is 9.13. The molecule has 2 aromatic rings. The molecule has 3 rings (SSSR count). The second kappa shape index (κ2) is 8.55. The van der Waals surface area contributed by atoms with Crippen LogP contribution in [0.2, 0.25) is 0 Å². The van der Waals surface area contributed by atoms with Gasteiger partial charge in [-0.05, 0) is 54.1 Å². The van der Waals surface area contributed by atoms with Crippen LogP contribution in [0.5, 0.6) is 5.75 Å². The number of nitrogens with zero attached hydrogens (tertiary/aromatic N) is 1. The van der Waals surface area contributed by atoms with Gasteiger partial charge >= 0.3 is 5.97 Å². The molecule has 1 aliphatic heterocycles. The van der Waals surface area contributed by atoms with Crippen molar-refractivity contribution in [1.29, 1.82) is 0 Å². The summed E-state index contributed by atoms with van der Waals surface area (Å²) in [6.07, 6.45) is 1.69. The Morgan fingerprint density at radius 2 is 2.07 bits per heavy atom. The van der Waals surface area contributed by atoms with E-state index in [0.29, 0.717) is 15.8 Å². The lowest BCUT2D eigenvalue weighted by Crippen LogP contribution is -2.19. The fraction of sp³-hybridized carbons (Fsp3) is 0.150. The lowest BCUT2D eigenvalue weighted by Gasteiger charge is -2.05. The van der Waals surface area contributed by atoms with E-state index in [2.05, 4.69) is 10.3 Å². The van der Waals surface area contributed by atoms with Crippen molar-refractivity contribution < 1.29 is 19.4 Å². The summed E-state index contributed by atoms with van der Waals surface area (Å²) in [5, 5.41) is 12.0. The van der Waals surface area contributed by atoms with Crippen molar-refractivity contribution in [3.8, 4) is 5.75 Å². The second-order valence-corrected chi connectivity index (χ2v) is 6.86. The van der Waals surface area contributed by atoms with E-state index in [1.165, 1.54) is 11.8 Å². The van der Waals surface area contributed by atoms with Gasteiger partial charge in [0.25, 0.3) is 5.91 Å². The van der Waals surface area contributed by atoms with E-state index in [1.807, 2.05) is 37.3 Å². The molecule has 0 saturated carbocycles. The summed E-state index contributed by atoms with van der Waals surface area (Å²) in [5.74, 6) is -0.555. The molecule has 0 aromatic heterocycles. The molecule has 7 heteroatoms. The van der Waals surface area contributed by atoms with Crippen molar-refractivity contribution in [2.45, 2.75) is 13.3 Å². The van der Waals surface area contributed by atoms with Crippen LogP contribution in [0.4, 0.5) is 5.69 Å². The van der Waals surface area contributed by atoms with Crippen LogP contribution in [-0.2, 0) is 9.59 Å². The summed E-state index contributed by atoms with van der Waals surface area (Å²) in [6.45, 7) is 2.06. The highest BCUT2D eigenvalue weighted by atomic mass is 32.2. The van der Waals surface area contributed by atoms with E-state index in [-0.39, 0.29) is 18.9 Å². The summed E-state index contributed by atoms with van der Waals surface area (Å²) in [7, 11) is 0. The maximum atomic E-state index is 12.2. The number of rotatable bonds is 6. The van der Waals surface area contributed by atoms with Gasteiger partial charge in [-0.3, -0.25) is 9.59 Å². The number of aliphatic imine (C=N–C) groups is 1. The molecule has 0 atom stereocenters. The number of nitrogens with one attached hydrogen (secondary N) is 1. The first-order chi connectivity index (χ1) is 13.0. The normalized spacial score (nSPS) is 16.6. The van der Waals surface area contributed by atoms with Crippen molar-refractivity contribution in [2.24, 2.45) is 4.99 Å². The van der Waals surface area contributed by atoms with Gasteiger partial charge in [-0.2, -0.15) is 0 Å². The number of hydrogen-bond acceptors (Lipinski definition) is 5. The number of benzene rings is 2. The molecule has 0 spiro atoms. The Hall–Kier alpha value is -3.06. The van der Waals surface area contributed by atoms with Gasteiger partial charge < -0.3 is 15.2 Å². The largest absolute Gasteiger partial charge is 0.493 e. The van der Waals surface area contributed by atoms with Crippen molar-refractivity contribution in [2.75, 3.05) is 6.61 Å². The lowest BCUT2D eigenvalue weighted by molar-refractivity contribution is -0.137. The number of thioether (sulfide) groups is 1. The highest BCUT2D eigenvalue weighted by molar-refractivity contribution is 8.18. The maximum Gasteiger partial charge on any atom is 0.306 e. The number of carbonyl (C=O) groups excluding carboxylic acids is 1. The van der Waals surface area contributed by atoms with Crippen LogP contribution in [-0.4, -0.2) is 28.8 Å². The van der Waals surface area contributed by atoms with E-state index < -0.39 is 5.97 Å². The monoisotopic (exact) mass is 382 g/mol. The van der Waals surface area contributed by atoms with Crippen molar-refractivity contribution in [1.82, 2.24) is 5.32 Å². The van der Waals surface area contributed by atoms with Gasteiger partial charge in [-0.15, -0.1) is 0 Å². The Morgan fingerprint density at radius 1 is 1.26 bits per heavy atom. The molecule has 0 aliphatic carbocycles. The molecule has 1 aliphatic rings. The van der Waals surface area contributed by atoms with Crippen molar-refractivity contribution in [3.63, 3.8) is 0 Å².